The number of nitro benzene ring substituents is 1. The molecule has 0 unspecified atom stereocenters. The molecule has 1 aliphatic carbocycles. The average Bonchev–Trinajstić information content (AvgIpc) is 3.14. The Hall–Kier alpha value is -3.22. The molecule has 0 bridgehead atoms. The van der Waals surface area contributed by atoms with Gasteiger partial charge in [-0.2, -0.15) is 0 Å². The Bertz CT molecular complexity index is 921. The van der Waals surface area contributed by atoms with E-state index in [9.17, 15) is 19.7 Å². The van der Waals surface area contributed by atoms with Gasteiger partial charge < -0.3 is 9.47 Å². The van der Waals surface area contributed by atoms with Gasteiger partial charge in [0, 0.05) is 17.7 Å². The molecule has 7 heteroatoms. The zero-order valence-corrected chi connectivity index (χ0v) is 15.1. The predicted molar refractivity (Wildman–Crippen MR) is 97.3 cm³/mol. The van der Waals surface area contributed by atoms with E-state index in [0.29, 0.717) is 5.56 Å². The number of ketones is 1. The third-order valence-electron chi connectivity index (χ3n) is 4.65. The van der Waals surface area contributed by atoms with E-state index in [4.69, 9.17) is 9.47 Å². The highest BCUT2D eigenvalue weighted by Gasteiger charge is 2.25. The van der Waals surface area contributed by atoms with Crippen molar-refractivity contribution < 1.29 is 24.0 Å². The number of fused-ring (bicyclic) bond motifs is 1. The van der Waals surface area contributed by atoms with Crippen LogP contribution in [-0.4, -0.2) is 29.9 Å². The minimum absolute atomic E-state index is 0.0969. The van der Waals surface area contributed by atoms with Gasteiger partial charge in [0.15, 0.2) is 6.10 Å². The number of nitrogens with zero attached hydrogens (tertiary/aromatic N) is 1. The summed E-state index contributed by atoms with van der Waals surface area (Å²) in [6.45, 7) is 1.48. The van der Waals surface area contributed by atoms with Crippen LogP contribution in [0.15, 0.2) is 36.4 Å². The summed E-state index contributed by atoms with van der Waals surface area (Å²) in [5.41, 5.74) is 2.53. The Kier molecular flexibility index (Phi) is 5.21. The number of carbonyl (C=O) groups excluding carboxylic acids is 2. The predicted octanol–water partition coefficient (Wildman–Crippen LogP) is 3.52. The summed E-state index contributed by atoms with van der Waals surface area (Å²) in [6.07, 6.45) is 2.00. The fourth-order valence-electron chi connectivity index (χ4n) is 3.21. The fourth-order valence-corrected chi connectivity index (χ4v) is 3.21. The third kappa shape index (κ3) is 3.81. The number of esters is 1. The van der Waals surface area contributed by atoms with Crippen LogP contribution in [0.2, 0.25) is 0 Å². The van der Waals surface area contributed by atoms with Crippen LogP contribution in [0.25, 0.3) is 0 Å². The molecule has 1 atom stereocenters. The van der Waals surface area contributed by atoms with Crippen molar-refractivity contribution in [1.29, 1.82) is 0 Å². The lowest BCUT2D eigenvalue weighted by Gasteiger charge is -2.14. The van der Waals surface area contributed by atoms with Crippen LogP contribution < -0.4 is 4.74 Å². The van der Waals surface area contributed by atoms with Crippen molar-refractivity contribution in [3.63, 3.8) is 0 Å². The summed E-state index contributed by atoms with van der Waals surface area (Å²) in [4.78, 5) is 35.4. The smallest absolute Gasteiger partial charge is 0.342 e. The Morgan fingerprint density at radius 3 is 2.56 bits per heavy atom. The fraction of sp³-hybridized carbons (Fsp3) is 0.300. The maximum Gasteiger partial charge on any atom is 0.342 e. The van der Waals surface area contributed by atoms with Crippen molar-refractivity contribution in [3.05, 3.63) is 68.8 Å². The molecule has 0 fully saturated rings. The van der Waals surface area contributed by atoms with Gasteiger partial charge in [-0.15, -0.1) is 0 Å². The minimum atomic E-state index is -1.03. The zero-order valence-electron chi connectivity index (χ0n) is 15.1. The summed E-state index contributed by atoms with van der Waals surface area (Å²) in [5, 5.41) is 10.9. The van der Waals surface area contributed by atoms with E-state index < -0.39 is 17.0 Å². The van der Waals surface area contributed by atoms with E-state index in [1.165, 1.54) is 31.7 Å². The molecule has 0 spiro atoms. The molecule has 0 aromatic heterocycles. The molecule has 0 saturated heterocycles. The zero-order chi connectivity index (χ0) is 19.6. The van der Waals surface area contributed by atoms with E-state index in [1.54, 1.807) is 6.07 Å². The largest absolute Gasteiger partial charge is 0.496 e. The van der Waals surface area contributed by atoms with Gasteiger partial charge in [-0.05, 0) is 49.4 Å². The van der Waals surface area contributed by atoms with E-state index in [-0.39, 0.29) is 22.8 Å². The van der Waals surface area contributed by atoms with Crippen molar-refractivity contribution in [3.8, 4) is 5.75 Å². The first kappa shape index (κ1) is 18.6. The highest BCUT2D eigenvalue weighted by Crippen LogP contribution is 2.26. The van der Waals surface area contributed by atoms with E-state index in [2.05, 4.69) is 0 Å². The van der Waals surface area contributed by atoms with Gasteiger partial charge in [-0.1, -0.05) is 12.1 Å². The van der Waals surface area contributed by atoms with Crippen LogP contribution >= 0.6 is 0 Å². The van der Waals surface area contributed by atoms with Gasteiger partial charge in [0.2, 0.25) is 5.78 Å². The first-order chi connectivity index (χ1) is 12.9. The second-order valence-corrected chi connectivity index (χ2v) is 6.39. The molecule has 0 amide bonds. The summed E-state index contributed by atoms with van der Waals surface area (Å²) in [6, 6.07) is 9.16. The Morgan fingerprint density at radius 2 is 1.85 bits per heavy atom. The van der Waals surface area contributed by atoms with E-state index in [0.717, 1.165) is 30.9 Å². The van der Waals surface area contributed by atoms with Crippen LogP contribution in [-0.2, 0) is 17.6 Å². The van der Waals surface area contributed by atoms with Gasteiger partial charge in [-0.25, -0.2) is 4.79 Å². The molecular formula is C20H19NO6. The second-order valence-electron chi connectivity index (χ2n) is 6.39. The van der Waals surface area contributed by atoms with Crippen molar-refractivity contribution in [2.45, 2.75) is 32.3 Å². The Morgan fingerprint density at radius 1 is 1.11 bits per heavy atom. The molecule has 0 aliphatic heterocycles. The number of carbonyl (C=O) groups is 2. The topological polar surface area (TPSA) is 95.7 Å². The van der Waals surface area contributed by atoms with Crippen LogP contribution in [0.4, 0.5) is 5.69 Å². The molecule has 1 aliphatic rings. The SMILES string of the molecule is COc1ccc([N+](=O)[O-])cc1C(=O)O[C@H](C)C(=O)c1ccc2c(c1)CCC2. The van der Waals surface area contributed by atoms with Crippen molar-refractivity contribution in [2.75, 3.05) is 7.11 Å². The number of rotatable bonds is 6. The van der Waals surface area contributed by atoms with Gasteiger partial charge in [0.05, 0.1) is 12.0 Å². The summed E-state index contributed by atoms with van der Waals surface area (Å²) < 4.78 is 10.3. The molecule has 2 aromatic rings. The molecule has 27 heavy (non-hydrogen) atoms. The number of benzene rings is 2. The lowest BCUT2D eigenvalue weighted by Crippen LogP contribution is -2.25. The lowest BCUT2D eigenvalue weighted by atomic mass is 10.0. The number of Topliss-reactive ketones (excluding diaryl/α,β-unsaturated/α-hetero) is 1. The molecular weight excluding hydrogens is 350 g/mol. The van der Waals surface area contributed by atoms with Crippen molar-refractivity contribution in [2.24, 2.45) is 0 Å². The summed E-state index contributed by atoms with van der Waals surface area (Å²) in [5.74, 6) is -1.03. The summed E-state index contributed by atoms with van der Waals surface area (Å²) >= 11 is 0. The lowest BCUT2D eigenvalue weighted by molar-refractivity contribution is -0.384. The Balaban J connectivity index is 1.78. The minimum Gasteiger partial charge on any atom is -0.496 e. The van der Waals surface area contributed by atoms with E-state index >= 15 is 0 Å². The monoisotopic (exact) mass is 369 g/mol. The first-order valence-electron chi connectivity index (χ1n) is 8.60. The van der Waals surface area contributed by atoms with Crippen LogP contribution in [0.5, 0.6) is 5.75 Å². The third-order valence-corrected chi connectivity index (χ3v) is 4.65. The normalized spacial score (nSPS) is 13.6. The van der Waals surface area contributed by atoms with E-state index in [1.807, 2.05) is 12.1 Å². The second kappa shape index (κ2) is 7.57. The number of non-ortho nitro benzene ring substituents is 1. The van der Waals surface area contributed by atoms with Gasteiger partial charge in [0.25, 0.3) is 5.69 Å². The van der Waals surface area contributed by atoms with Gasteiger partial charge in [0.1, 0.15) is 11.3 Å². The quantitative estimate of drug-likeness (QED) is 0.335. The molecule has 0 N–H and O–H groups in total. The van der Waals surface area contributed by atoms with Gasteiger partial charge >= 0.3 is 5.97 Å². The number of hydrogen-bond donors (Lipinski definition) is 0. The Labute approximate surface area is 156 Å². The van der Waals surface area contributed by atoms with Crippen molar-refractivity contribution in [1.82, 2.24) is 0 Å². The van der Waals surface area contributed by atoms with Crippen molar-refractivity contribution >= 4 is 17.4 Å². The molecule has 140 valence electrons. The highest BCUT2D eigenvalue weighted by atomic mass is 16.6. The molecule has 0 radical (unpaired) electrons. The highest BCUT2D eigenvalue weighted by molar-refractivity contribution is 6.02. The molecule has 2 aromatic carbocycles. The maximum atomic E-state index is 12.6. The average molecular weight is 369 g/mol. The molecule has 0 saturated carbocycles. The number of ether oxygens (including phenoxy) is 2. The first-order valence-corrected chi connectivity index (χ1v) is 8.60. The van der Waals surface area contributed by atoms with Crippen LogP contribution in [0, 0.1) is 10.1 Å². The number of hydrogen-bond acceptors (Lipinski definition) is 6. The van der Waals surface area contributed by atoms with Crippen LogP contribution in [0.3, 0.4) is 0 Å². The maximum absolute atomic E-state index is 12.6. The summed E-state index contributed by atoms with van der Waals surface area (Å²) in [7, 11) is 1.34. The molecule has 3 rings (SSSR count). The molecule has 7 nitrogen and oxygen atoms in total. The number of methoxy groups -OCH3 is 1. The number of aryl methyl sites for hydroxylation is 2. The molecule has 0 heterocycles. The van der Waals surface area contributed by atoms with Crippen LogP contribution in [0.1, 0.15) is 45.2 Å². The standard InChI is InChI=1S/C20H19NO6/c1-12(19(22)15-7-6-13-4-3-5-14(13)10-15)27-20(23)17-11-16(21(24)25)8-9-18(17)26-2/h6-12H,3-5H2,1-2H3/t12-/m1/s1. The van der Waals surface area contributed by atoms with Gasteiger partial charge in [-0.3, -0.25) is 14.9 Å². The number of nitro groups is 1.